The molecular weight excluding hydrogens is 312 g/mol. The second-order valence-corrected chi connectivity index (χ2v) is 5.08. The molecule has 0 fully saturated rings. The number of ether oxygens (including phenoxy) is 1. The van der Waals surface area contributed by atoms with Gasteiger partial charge in [0.15, 0.2) is 0 Å². The van der Waals surface area contributed by atoms with Crippen molar-refractivity contribution >= 4 is 15.9 Å². The number of halogens is 1. The van der Waals surface area contributed by atoms with E-state index < -0.39 is 6.10 Å². The van der Waals surface area contributed by atoms with Gasteiger partial charge in [0.2, 0.25) is 0 Å². The van der Waals surface area contributed by atoms with Crippen molar-refractivity contribution in [1.82, 2.24) is 9.78 Å². The van der Waals surface area contributed by atoms with Crippen molar-refractivity contribution in [3.63, 3.8) is 0 Å². The Balaban J connectivity index is 2.01. The van der Waals surface area contributed by atoms with Crippen LogP contribution in [0.25, 0.3) is 0 Å². The average Bonchev–Trinajstić information content (AvgIpc) is 3.03. The van der Waals surface area contributed by atoms with Crippen LogP contribution in [0.3, 0.4) is 0 Å². The first-order valence-electron chi connectivity index (χ1n) is 6.13. The summed E-state index contributed by atoms with van der Waals surface area (Å²) in [5, 5.41) is 14.5. The maximum atomic E-state index is 10.3. The smallest absolute Gasteiger partial charge is 0.103 e. The van der Waals surface area contributed by atoms with E-state index in [9.17, 15) is 5.11 Å². The average molecular weight is 329 g/mol. The van der Waals surface area contributed by atoms with Crippen LogP contribution in [0.5, 0.6) is 0 Å². The van der Waals surface area contributed by atoms with Gasteiger partial charge in [0.1, 0.15) is 5.76 Å². The highest BCUT2D eigenvalue weighted by Crippen LogP contribution is 2.26. The van der Waals surface area contributed by atoms with Gasteiger partial charge in [-0.1, -0.05) is 0 Å². The number of rotatable bonds is 7. The zero-order valence-corrected chi connectivity index (χ0v) is 12.3. The summed E-state index contributed by atoms with van der Waals surface area (Å²) in [7, 11) is 1.64. The summed E-state index contributed by atoms with van der Waals surface area (Å²) in [6.07, 6.45) is 4.03. The molecular formula is C13H17BrN2O3. The number of aryl methyl sites for hydroxylation is 1. The van der Waals surface area contributed by atoms with Crippen LogP contribution in [0.4, 0.5) is 0 Å². The van der Waals surface area contributed by atoms with Gasteiger partial charge in [-0.25, -0.2) is 0 Å². The zero-order chi connectivity index (χ0) is 13.7. The van der Waals surface area contributed by atoms with Gasteiger partial charge in [0.25, 0.3) is 0 Å². The molecule has 0 amide bonds. The fraction of sp³-hybridized carbons (Fsp3) is 0.462. The normalized spacial score (nSPS) is 12.8. The molecule has 1 atom stereocenters. The van der Waals surface area contributed by atoms with Crippen molar-refractivity contribution < 1.29 is 14.3 Å². The number of hydrogen-bond acceptors (Lipinski definition) is 4. The van der Waals surface area contributed by atoms with Crippen molar-refractivity contribution in [3.8, 4) is 0 Å². The molecule has 0 aromatic carbocycles. The molecule has 19 heavy (non-hydrogen) atoms. The highest BCUT2D eigenvalue weighted by Gasteiger charge is 2.18. The van der Waals surface area contributed by atoms with E-state index in [1.165, 1.54) is 0 Å². The van der Waals surface area contributed by atoms with Gasteiger partial charge >= 0.3 is 0 Å². The molecule has 6 heteroatoms. The first kappa shape index (κ1) is 14.3. The summed E-state index contributed by atoms with van der Waals surface area (Å²) >= 11 is 3.42. The predicted molar refractivity (Wildman–Crippen MR) is 73.8 cm³/mol. The van der Waals surface area contributed by atoms with Gasteiger partial charge in [-0.3, -0.25) is 4.68 Å². The molecule has 2 aromatic rings. The van der Waals surface area contributed by atoms with E-state index in [4.69, 9.17) is 9.15 Å². The van der Waals surface area contributed by atoms with E-state index in [0.717, 1.165) is 15.9 Å². The van der Waals surface area contributed by atoms with E-state index in [2.05, 4.69) is 21.0 Å². The summed E-state index contributed by atoms with van der Waals surface area (Å²) < 4.78 is 12.9. The quantitative estimate of drug-likeness (QED) is 0.848. The number of nitrogens with zero attached hydrogens (tertiary/aromatic N) is 2. The number of aliphatic hydroxyl groups excluding tert-OH is 1. The Morgan fingerprint density at radius 3 is 3.11 bits per heavy atom. The topological polar surface area (TPSA) is 60.4 Å². The van der Waals surface area contributed by atoms with E-state index in [-0.39, 0.29) is 0 Å². The molecule has 0 spiro atoms. The Hall–Kier alpha value is -1.11. The van der Waals surface area contributed by atoms with E-state index >= 15 is 0 Å². The molecule has 0 radical (unpaired) electrons. The molecule has 0 aliphatic carbocycles. The van der Waals surface area contributed by atoms with Gasteiger partial charge in [0.05, 0.1) is 41.9 Å². The minimum atomic E-state index is -0.584. The monoisotopic (exact) mass is 328 g/mol. The lowest BCUT2D eigenvalue weighted by Crippen LogP contribution is -2.13. The SMILES string of the molecule is COCCn1ncc(Br)c1C(O)CCc1ccco1. The van der Waals surface area contributed by atoms with Crippen molar-refractivity contribution in [3.05, 3.63) is 40.5 Å². The Bertz CT molecular complexity index is 496. The number of hydrogen-bond donors (Lipinski definition) is 1. The maximum absolute atomic E-state index is 10.3. The third-order valence-electron chi connectivity index (χ3n) is 2.90. The van der Waals surface area contributed by atoms with Crippen LogP contribution in [0.2, 0.25) is 0 Å². The predicted octanol–water partition coefficient (Wildman–Crippen LogP) is 2.55. The van der Waals surface area contributed by atoms with Crippen LogP contribution in [0.15, 0.2) is 33.5 Å². The molecule has 0 saturated carbocycles. The molecule has 2 rings (SSSR count). The molecule has 0 aliphatic heterocycles. The lowest BCUT2D eigenvalue weighted by atomic mass is 10.1. The van der Waals surface area contributed by atoms with Crippen LogP contribution in [-0.2, 0) is 17.7 Å². The third-order valence-corrected chi connectivity index (χ3v) is 3.51. The van der Waals surface area contributed by atoms with Gasteiger partial charge in [-0.15, -0.1) is 0 Å². The van der Waals surface area contributed by atoms with Crippen molar-refractivity contribution in [2.24, 2.45) is 0 Å². The second-order valence-electron chi connectivity index (χ2n) is 4.23. The molecule has 1 N–H and O–H groups in total. The summed E-state index contributed by atoms with van der Waals surface area (Å²) in [6, 6.07) is 3.75. The Morgan fingerprint density at radius 2 is 2.42 bits per heavy atom. The number of aliphatic hydroxyl groups is 1. The zero-order valence-electron chi connectivity index (χ0n) is 10.8. The fourth-order valence-electron chi connectivity index (χ4n) is 1.93. The highest BCUT2D eigenvalue weighted by molar-refractivity contribution is 9.10. The minimum Gasteiger partial charge on any atom is -0.469 e. The van der Waals surface area contributed by atoms with Crippen molar-refractivity contribution in [1.29, 1.82) is 0 Å². The molecule has 104 valence electrons. The second kappa shape index (κ2) is 6.88. The van der Waals surface area contributed by atoms with E-state index in [0.29, 0.717) is 26.0 Å². The summed E-state index contributed by atoms with van der Waals surface area (Å²) in [5.41, 5.74) is 0.781. The third kappa shape index (κ3) is 3.68. The van der Waals surface area contributed by atoms with Gasteiger partial charge < -0.3 is 14.3 Å². The van der Waals surface area contributed by atoms with E-state index in [1.54, 1.807) is 24.3 Å². The Morgan fingerprint density at radius 1 is 1.58 bits per heavy atom. The molecule has 1 unspecified atom stereocenters. The van der Waals surface area contributed by atoms with Crippen molar-refractivity contribution in [2.75, 3.05) is 13.7 Å². The Labute approximate surface area is 120 Å². The molecule has 2 heterocycles. The Kier molecular flexibility index (Phi) is 5.18. The number of methoxy groups -OCH3 is 1. The lowest BCUT2D eigenvalue weighted by molar-refractivity contribution is 0.144. The van der Waals surface area contributed by atoms with Crippen LogP contribution in [0, 0.1) is 0 Å². The molecule has 0 bridgehead atoms. The molecule has 2 aromatic heterocycles. The van der Waals surface area contributed by atoms with Gasteiger partial charge in [0, 0.05) is 13.5 Å². The standard InChI is InChI=1S/C13H17BrN2O3/c1-18-8-6-16-13(11(14)9-15-16)12(17)5-4-10-3-2-7-19-10/h2-3,7,9,12,17H,4-6,8H2,1H3. The fourth-order valence-corrected chi connectivity index (χ4v) is 2.49. The lowest BCUT2D eigenvalue weighted by Gasteiger charge is -2.13. The first-order valence-corrected chi connectivity index (χ1v) is 6.92. The van der Waals surface area contributed by atoms with Gasteiger partial charge in [-0.2, -0.15) is 5.10 Å². The van der Waals surface area contributed by atoms with Crippen LogP contribution in [-0.4, -0.2) is 28.6 Å². The van der Waals surface area contributed by atoms with Crippen LogP contribution >= 0.6 is 15.9 Å². The van der Waals surface area contributed by atoms with E-state index in [1.807, 2.05) is 12.1 Å². The van der Waals surface area contributed by atoms with Crippen molar-refractivity contribution in [2.45, 2.75) is 25.5 Å². The molecule has 0 saturated heterocycles. The number of aromatic nitrogens is 2. The first-order chi connectivity index (χ1) is 9.22. The minimum absolute atomic E-state index is 0.562. The summed E-state index contributed by atoms with van der Waals surface area (Å²) in [6.45, 7) is 1.18. The molecule has 5 nitrogen and oxygen atoms in total. The molecule has 0 aliphatic rings. The number of furan rings is 1. The van der Waals surface area contributed by atoms with Crippen LogP contribution < -0.4 is 0 Å². The highest BCUT2D eigenvalue weighted by atomic mass is 79.9. The summed E-state index contributed by atoms with van der Waals surface area (Å²) in [4.78, 5) is 0. The van der Waals surface area contributed by atoms with Gasteiger partial charge in [-0.05, 0) is 34.5 Å². The van der Waals surface area contributed by atoms with Crippen LogP contribution in [0.1, 0.15) is 24.0 Å². The summed E-state index contributed by atoms with van der Waals surface area (Å²) in [5.74, 6) is 0.873. The largest absolute Gasteiger partial charge is 0.469 e. The maximum Gasteiger partial charge on any atom is 0.103 e.